The lowest BCUT2D eigenvalue weighted by molar-refractivity contribution is -0.139. The Balaban J connectivity index is 2.78. The third kappa shape index (κ3) is 4.06. The van der Waals surface area contributed by atoms with Crippen molar-refractivity contribution in [2.45, 2.75) is 41.0 Å². The summed E-state index contributed by atoms with van der Waals surface area (Å²) in [6.07, 6.45) is 0.171. The van der Waals surface area contributed by atoms with E-state index in [4.69, 9.17) is 5.11 Å². The molecule has 0 bridgehead atoms. The zero-order valence-corrected chi connectivity index (χ0v) is 11.9. The van der Waals surface area contributed by atoms with Crippen molar-refractivity contribution < 1.29 is 9.90 Å². The summed E-state index contributed by atoms with van der Waals surface area (Å²) in [5, 5.41) is 12.3. The fourth-order valence-corrected chi connectivity index (χ4v) is 2.26. The summed E-state index contributed by atoms with van der Waals surface area (Å²) in [7, 11) is 0. The quantitative estimate of drug-likeness (QED) is 0.839. The van der Waals surface area contributed by atoms with Gasteiger partial charge in [-0.15, -0.1) is 0 Å². The molecular weight excluding hydrogens is 226 g/mol. The van der Waals surface area contributed by atoms with Crippen LogP contribution in [0.3, 0.4) is 0 Å². The van der Waals surface area contributed by atoms with Gasteiger partial charge >= 0.3 is 5.97 Å². The van der Waals surface area contributed by atoms with Crippen molar-refractivity contribution in [1.82, 2.24) is 0 Å². The largest absolute Gasteiger partial charge is 0.481 e. The number of benzene rings is 1. The molecule has 18 heavy (non-hydrogen) atoms. The number of carboxylic acids is 1. The Kier molecular flexibility index (Phi) is 4.38. The topological polar surface area (TPSA) is 49.3 Å². The van der Waals surface area contributed by atoms with E-state index in [9.17, 15) is 4.79 Å². The molecule has 0 saturated heterocycles. The molecule has 0 fully saturated rings. The molecular formula is C15H23NO2. The molecule has 1 rings (SSSR count). The number of hydrogen-bond donors (Lipinski definition) is 2. The highest BCUT2D eigenvalue weighted by Gasteiger charge is 2.22. The molecule has 100 valence electrons. The van der Waals surface area contributed by atoms with Crippen molar-refractivity contribution in [3.8, 4) is 0 Å². The number of nitrogens with one attached hydrogen (secondary N) is 1. The monoisotopic (exact) mass is 249 g/mol. The van der Waals surface area contributed by atoms with Crippen LogP contribution in [0.25, 0.3) is 0 Å². The number of hydrogen-bond acceptors (Lipinski definition) is 2. The first kappa shape index (κ1) is 14.6. The van der Waals surface area contributed by atoms with Gasteiger partial charge in [-0.2, -0.15) is 0 Å². The lowest BCUT2D eigenvalue weighted by Crippen LogP contribution is -2.26. The number of anilines is 1. The van der Waals surface area contributed by atoms with Crippen LogP contribution in [0.15, 0.2) is 12.1 Å². The van der Waals surface area contributed by atoms with Crippen LogP contribution in [-0.2, 0) is 4.79 Å². The Morgan fingerprint density at radius 2 is 1.72 bits per heavy atom. The lowest BCUT2D eigenvalue weighted by atomic mass is 9.89. The molecule has 2 N–H and O–H groups in total. The van der Waals surface area contributed by atoms with Crippen LogP contribution < -0.4 is 5.32 Å². The van der Waals surface area contributed by atoms with Gasteiger partial charge in [0.05, 0.1) is 6.42 Å². The van der Waals surface area contributed by atoms with Crippen LogP contribution >= 0.6 is 0 Å². The van der Waals surface area contributed by atoms with Crippen molar-refractivity contribution in [3.63, 3.8) is 0 Å². The van der Waals surface area contributed by atoms with Gasteiger partial charge in [-0.3, -0.25) is 4.79 Å². The number of carboxylic acid groups (broad SMARTS) is 1. The van der Waals surface area contributed by atoms with Gasteiger partial charge in [0.25, 0.3) is 0 Å². The Hall–Kier alpha value is -1.51. The van der Waals surface area contributed by atoms with Gasteiger partial charge in [-0.1, -0.05) is 31.5 Å². The molecule has 0 saturated carbocycles. The first-order chi connectivity index (χ1) is 8.21. The van der Waals surface area contributed by atoms with Crippen molar-refractivity contribution in [2.75, 3.05) is 11.9 Å². The zero-order chi connectivity index (χ0) is 13.9. The highest BCUT2D eigenvalue weighted by Crippen LogP contribution is 2.26. The molecule has 0 atom stereocenters. The molecule has 0 aliphatic heterocycles. The number of rotatable bonds is 5. The summed E-state index contributed by atoms with van der Waals surface area (Å²) in [6, 6.07) is 4.28. The average molecular weight is 249 g/mol. The van der Waals surface area contributed by atoms with Crippen molar-refractivity contribution in [3.05, 3.63) is 28.8 Å². The third-order valence-corrected chi connectivity index (χ3v) is 3.05. The normalized spacial score (nSPS) is 11.4. The SMILES string of the molecule is Cc1cc(C)c(NCC(C)(C)CC(=O)O)c(C)c1. The zero-order valence-electron chi connectivity index (χ0n) is 11.9. The Morgan fingerprint density at radius 3 is 2.17 bits per heavy atom. The number of aryl methyl sites for hydroxylation is 3. The summed E-state index contributed by atoms with van der Waals surface area (Å²) in [5.41, 5.74) is 4.53. The van der Waals surface area contributed by atoms with E-state index in [1.54, 1.807) is 0 Å². The van der Waals surface area contributed by atoms with Crippen molar-refractivity contribution >= 4 is 11.7 Å². The summed E-state index contributed by atoms with van der Waals surface area (Å²) in [5.74, 6) is -0.751. The van der Waals surface area contributed by atoms with Gasteiger partial charge in [0.1, 0.15) is 0 Å². The van der Waals surface area contributed by atoms with Gasteiger partial charge in [0.2, 0.25) is 0 Å². The van der Waals surface area contributed by atoms with E-state index in [-0.39, 0.29) is 11.8 Å². The Morgan fingerprint density at radius 1 is 1.22 bits per heavy atom. The maximum absolute atomic E-state index is 10.8. The molecule has 0 amide bonds. The Labute approximate surface area is 109 Å². The molecule has 0 unspecified atom stereocenters. The smallest absolute Gasteiger partial charge is 0.303 e. The lowest BCUT2D eigenvalue weighted by Gasteiger charge is -2.25. The molecule has 0 spiro atoms. The van der Waals surface area contributed by atoms with Gasteiger partial charge in [-0.05, 0) is 37.3 Å². The highest BCUT2D eigenvalue weighted by molar-refractivity contribution is 5.67. The van der Waals surface area contributed by atoms with Crippen LogP contribution in [0.2, 0.25) is 0 Å². The predicted molar refractivity (Wildman–Crippen MR) is 75.2 cm³/mol. The van der Waals surface area contributed by atoms with Crippen LogP contribution in [-0.4, -0.2) is 17.6 Å². The number of aliphatic carboxylic acids is 1. The molecule has 1 aromatic carbocycles. The second-order valence-electron chi connectivity index (χ2n) is 5.86. The van der Waals surface area contributed by atoms with E-state index in [2.05, 4.69) is 38.2 Å². The molecule has 0 aromatic heterocycles. The fraction of sp³-hybridized carbons (Fsp3) is 0.533. The van der Waals surface area contributed by atoms with Crippen LogP contribution in [0.5, 0.6) is 0 Å². The third-order valence-electron chi connectivity index (χ3n) is 3.05. The molecule has 0 aliphatic carbocycles. The van der Waals surface area contributed by atoms with E-state index in [1.807, 2.05) is 13.8 Å². The molecule has 0 heterocycles. The van der Waals surface area contributed by atoms with E-state index in [1.165, 1.54) is 16.7 Å². The minimum atomic E-state index is -0.751. The van der Waals surface area contributed by atoms with Crippen molar-refractivity contribution in [2.24, 2.45) is 5.41 Å². The summed E-state index contributed by atoms with van der Waals surface area (Å²) < 4.78 is 0. The minimum Gasteiger partial charge on any atom is -0.481 e. The Bertz CT molecular complexity index is 427. The van der Waals surface area contributed by atoms with Crippen LogP contribution in [0.4, 0.5) is 5.69 Å². The standard InChI is InChI=1S/C15H23NO2/c1-10-6-11(2)14(12(3)7-10)16-9-15(4,5)8-13(17)18/h6-7,16H,8-9H2,1-5H3,(H,17,18). The van der Waals surface area contributed by atoms with Gasteiger partial charge in [0.15, 0.2) is 0 Å². The van der Waals surface area contributed by atoms with E-state index in [0.29, 0.717) is 6.54 Å². The maximum Gasteiger partial charge on any atom is 0.303 e. The first-order valence-electron chi connectivity index (χ1n) is 6.25. The summed E-state index contributed by atoms with van der Waals surface area (Å²) in [6.45, 7) is 10.8. The van der Waals surface area contributed by atoms with Gasteiger partial charge in [0, 0.05) is 12.2 Å². The van der Waals surface area contributed by atoms with Crippen LogP contribution in [0, 0.1) is 26.2 Å². The van der Waals surface area contributed by atoms with E-state index >= 15 is 0 Å². The molecule has 3 heteroatoms. The number of carbonyl (C=O) groups is 1. The predicted octanol–water partition coefficient (Wildman–Crippen LogP) is 3.52. The molecule has 0 aliphatic rings. The molecule has 3 nitrogen and oxygen atoms in total. The van der Waals surface area contributed by atoms with Crippen molar-refractivity contribution in [1.29, 1.82) is 0 Å². The van der Waals surface area contributed by atoms with E-state index in [0.717, 1.165) is 5.69 Å². The van der Waals surface area contributed by atoms with Gasteiger partial charge < -0.3 is 10.4 Å². The second kappa shape index (κ2) is 5.42. The average Bonchev–Trinajstić information content (AvgIpc) is 2.12. The maximum atomic E-state index is 10.8. The molecule has 0 radical (unpaired) electrons. The van der Waals surface area contributed by atoms with Gasteiger partial charge in [-0.25, -0.2) is 0 Å². The second-order valence-corrected chi connectivity index (χ2v) is 5.86. The minimum absolute atomic E-state index is 0.171. The highest BCUT2D eigenvalue weighted by atomic mass is 16.4. The first-order valence-corrected chi connectivity index (χ1v) is 6.25. The summed E-state index contributed by atoms with van der Waals surface area (Å²) >= 11 is 0. The molecule has 1 aromatic rings. The van der Waals surface area contributed by atoms with Crippen LogP contribution in [0.1, 0.15) is 37.0 Å². The van der Waals surface area contributed by atoms with E-state index < -0.39 is 5.97 Å². The fourth-order valence-electron chi connectivity index (χ4n) is 2.26. The summed E-state index contributed by atoms with van der Waals surface area (Å²) in [4.78, 5) is 10.8.